The average Bonchev–Trinajstić information content (AvgIpc) is 3.75. The Morgan fingerprint density at radius 3 is 1.50 bits per heavy atom. The van der Waals surface area contributed by atoms with Gasteiger partial charge in [-0.25, -0.2) is 4.98 Å². The standard InChI is InChI=1S/C51H43N3/c1-49(2,3)40-33-45(52-46(34-40)51(39-27-15-8-16-28-39)43-31-19-17-29-41(43)42-30-18-20-32-44(42)51)50(37-23-11-6-12-24-37,38-25-13-7-14-26-38)47-35-54(4)48(53-47)36-21-9-5-10-22-36/h5-35H,1-4H3. The van der Waals surface area contributed by atoms with Gasteiger partial charge in [0.15, 0.2) is 0 Å². The molecule has 9 rings (SSSR count). The van der Waals surface area contributed by atoms with Crippen LogP contribution in [0.15, 0.2) is 188 Å². The Kier molecular flexibility index (Phi) is 8.05. The highest BCUT2D eigenvalue weighted by Crippen LogP contribution is 2.56. The average molecular weight is 698 g/mol. The molecule has 0 amide bonds. The van der Waals surface area contributed by atoms with E-state index in [4.69, 9.17) is 9.97 Å². The van der Waals surface area contributed by atoms with E-state index in [-0.39, 0.29) is 5.41 Å². The monoisotopic (exact) mass is 697 g/mol. The van der Waals surface area contributed by atoms with E-state index >= 15 is 0 Å². The molecule has 0 unspecified atom stereocenters. The van der Waals surface area contributed by atoms with Crippen molar-refractivity contribution in [2.75, 3.05) is 0 Å². The molecule has 3 nitrogen and oxygen atoms in total. The number of benzene rings is 6. The topological polar surface area (TPSA) is 30.7 Å². The molecule has 0 N–H and O–H groups in total. The van der Waals surface area contributed by atoms with Gasteiger partial charge in [-0.3, -0.25) is 4.98 Å². The van der Waals surface area contributed by atoms with Crippen molar-refractivity contribution in [3.63, 3.8) is 0 Å². The Morgan fingerprint density at radius 2 is 0.963 bits per heavy atom. The van der Waals surface area contributed by atoms with E-state index in [1.165, 1.54) is 33.4 Å². The number of hydrogen-bond acceptors (Lipinski definition) is 2. The SMILES string of the molecule is Cn1cc(C(c2ccccc2)(c2ccccc2)c2cc(C(C)(C)C)cc(C3(c4ccccc4)c4ccccc4-c4ccccc43)n2)nc1-c1ccccc1. The summed E-state index contributed by atoms with van der Waals surface area (Å²) in [6.07, 6.45) is 2.21. The Morgan fingerprint density at radius 1 is 0.481 bits per heavy atom. The number of hydrogen-bond donors (Lipinski definition) is 0. The van der Waals surface area contributed by atoms with Crippen LogP contribution in [-0.2, 0) is 23.3 Å². The maximum atomic E-state index is 6.04. The largest absolute Gasteiger partial charge is 0.334 e. The van der Waals surface area contributed by atoms with E-state index in [1.807, 2.05) is 0 Å². The number of fused-ring (bicyclic) bond motifs is 3. The zero-order chi connectivity index (χ0) is 36.9. The van der Waals surface area contributed by atoms with Gasteiger partial charge in [-0.2, -0.15) is 0 Å². The van der Waals surface area contributed by atoms with Gasteiger partial charge in [-0.1, -0.05) is 191 Å². The number of aromatic nitrogens is 3. The van der Waals surface area contributed by atoms with E-state index in [0.717, 1.165) is 39.6 Å². The van der Waals surface area contributed by atoms with Crippen molar-refractivity contribution in [3.8, 4) is 22.5 Å². The molecule has 6 aromatic carbocycles. The zero-order valence-corrected chi connectivity index (χ0v) is 31.2. The van der Waals surface area contributed by atoms with Gasteiger partial charge in [0.2, 0.25) is 0 Å². The lowest BCUT2D eigenvalue weighted by Crippen LogP contribution is -2.36. The molecule has 0 saturated carbocycles. The fourth-order valence-corrected chi connectivity index (χ4v) is 8.77. The van der Waals surface area contributed by atoms with Gasteiger partial charge < -0.3 is 4.57 Å². The quantitative estimate of drug-likeness (QED) is 0.166. The summed E-state index contributed by atoms with van der Waals surface area (Å²) in [7, 11) is 2.10. The van der Waals surface area contributed by atoms with Gasteiger partial charge >= 0.3 is 0 Å². The van der Waals surface area contributed by atoms with Crippen molar-refractivity contribution in [1.82, 2.24) is 14.5 Å². The molecule has 0 radical (unpaired) electrons. The van der Waals surface area contributed by atoms with Crippen LogP contribution in [0, 0.1) is 0 Å². The second kappa shape index (κ2) is 13.0. The number of nitrogens with zero attached hydrogens (tertiary/aromatic N) is 3. The molecule has 54 heavy (non-hydrogen) atoms. The molecule has 0 atom stereocenters. The summed E-state index contributed by atoms with van der Waals surface area (Å²) in [6.45, 7) is 6.92. The van der Waals surface area contributed by atoms with Crippen LogP contribution in [0.4, 0.5) is 0 Å². The first-order valence-corrected chi connectivity index (χ1v) is 18.8. The molecule has 3 heteroatoms. The summed E-state index contributed by atoms with van der Waals surface area (Å²) < 4.78 is 2.16. The summed E-state index contributed by atoms with van der Waals surface area (Å²) in [5.74, 6) is 0.911. The van der Waals surface area contributed by atoms with Crippen molar-refractivity contribution in [2.45, 2.75) is 37.0 Å². The van der Waals surface area contributed by atoms with Crippen LogP contribution in [0.3, 0.4) is 0 Å². The smallest absolute Gasteiger partial charge is 0.140 e. The van der Waals surface area contributed by atoms with Crippen LogP contribution in [-0.4, -0.2) is 14.5 Å². The van der Waals surface area contributed by atoms with Crippen molar-refractivity contribution in [1.29, 1.82) is 0 Å². The number of aryl methyl sites for hydroxylation is 1. The van der Waals surface area contributed by atoms with Crippen LogP contribution in [0.5, 0.6) is 0 Å². The van der Waals surface area contributed by atoms with E-state index in [1.54, 1.807) is 0 Å². The lowest BCUT2D eigenvalue weighted by atomic mass is 9.66. The van der Waals surface area contributed by atoms with Gasteiger partial charge in [-0.15, -0.1) is 0 Å². The summed E-state index contributed by atoms with van der Waals surface area (Å²) in [4.78, 5) is 11.6. The van der Waals surface area contributed by atoms with Crippen LogP contribution in [0.2, 0.25) is 0 Å². The number of imidazole rings is 1. The lowest BCUT2D eigenvalue weighted by molar-refractivity contribution is 0.575. The van der Waals surface area contributed by atoms with Gasteiger partial charge in [0.05, 0.1) is 22.5 Å². The molecule has 2 aromatic heterocycles. The maximum Gasteiger partial charge on any atom is 0.140 e. The lowest BCUT2D eigenvalue weighted by Gasteiger charge is -2.38. The Labute approximate surface area is 318 Å². The number of pyridine rings is 1. The third kappa shape index (κ3) is 5.10. The molecule has 0 bridgehead atoms. The van der Waals surface area contributed by atoms with E-state index in [0.29, 0.717) is 0 Å². The minimum absolute atomic E-state index is 0.194. The third-order valence-electron chi connectivity index (χ3n) is 11.3. The second-order valence-corrected chi connectivity index (χ2v) is 15.5. The van der Waals surface area contributed by atoms with Gasteiger partial charge in [0, 0.05) is 18.8 Å². The zero-order valence-electron chi connectivity index (χ0n) is 31.2. The molecule has 1 aliphatic carbocycles. The van der Waals surface area contributed by atoms with Crippen molar-refractivity contribution >= 4 is 0 Å². The second-order valence-electron chi connectivity index (χ2n) is 15.5. The van der Waals surface area contributed by atoms with Crippen molar-refractivity contribution < 1.29 is 0 Å². The van der Waals surface area contributed by atoms with E-state index in [2.05, 4.69) is 221 Å². The van der Waals surface area contributed by atoms with Crippen LogP contribution >= 0.6 is 0 Å². The molecule has 0 saturated heterocycles. The molecule has 0 aliphatic heterocycles. The third-order valence-corrected chi connectivity index (χ3v) is 11.3. The first-order chi connectivity index (χ1) is 26.3. The van der Waals surface area contributed by atoms with Gasteiger partial charge in [0.25, 0.3) is 0 Å². The summed E-state index contributed by atoms with van der Waals surface area (Å²) in [6, 6.07) is 65.7. The number of rotatable bonds is 7. The first-order valence-electron chi connectivity index (χ1n) is 18.8. The first kappa shape index (κ1) is 33.5. The molecule has 2 heterocycles. The van der Waals surface area contributed by atoms with E-state index in [9.17, 15) is 0 Å². The van der Waals surface area contributed by atoms with Crippen molar-refractivity contribution in [2.24, 2.45) is 7.05 Å². The molecular weight excluding hydrogens is 655 g/mol. The molecule has 0 fully saturated rings. The fourth-order valence-electron chi connectivity index (χ4n) is 8.77. The van der Waals surface area contributed by atoms with E-state index < -0.39 is 10.8 Å². The maximum absolute atomic E-state index is 6.04. The highest BCUT2D eigenvalue weighted by atomic mass is 15.1. The van der Waals surface area contributed by atoms with Crippen LogP contribution < -0.4 is 0 Å². The summed E-state index contributed by atoms with van der Waals surface area (Å²) in [5, 5.41) is 0. The van der Waals surface area contributed by atoms with Crippen molar-refractivity contribution in [3.05, 3.63) is 239 Å². The minimum atomic E-state index is -0.862. The fraction of sp³-hybridized carbons (Fsp3) is 0.137. The minimum Gasteiger partial charge on any atom is -0.334 e. The predicted molar refractivity (Wildman–Crippen MR) is 221 cm³/mol. The highest BCUT2D eigenvalue weighted by molar-refractivity contribution is 5.86. The summed E-state index contributed by atoms with van der Waals surface area (Å²) in [5.41, 5.74) is 11.8. The Bertz CT molecular complexity index is 2500. The Hall–Kier alpha value is -6.32. The molecule has 262 valence electrons. The molecular formula is C51H43N3. The van der Waals surface area contributed by atoms with Gasteiger partial charge in [0.1, 0.15) is 11.2 Å². The molecule has 8 aromatic rings. The highest BCUT2D eigenvalue weighted by Gasteiger charge is 2.49. The normalized spacial score (nSPS) is 13.3. The molecule has 1 aliphatic rings. The van der Waals surface area contributed by atoms with Gasteiger partial charge in [-0.05, 0) is 62.1 Å². The van der Waals surface area contributed by atoms with Crippen LogP contribution in [0.25, 0.3) is 22.5 Å². The Balaban J connectivity index is 1.45. The van der Waals surface area contributed by atoms with Crippen LogP contribution in [0.1, 0.15) is 71.2 Å². The predicted octanol–water partition coefficient (Wildman–Crippen LogP) is 11.5. The molecule has 0 spiro atoms. The summed E-state index contributed by atoms with van der Waals surface area (Å²) >= 11 is 0.